The van der Waals surface area contributed by atoms with E-state index in [2.05, 4.69) is 22.3 Å². The van der Waals surface area contributed by atoms with E-state index in [1.807, 2.05) is 12.1 Å². The van der Waals surface area contributed by atoms with Gasteiger partial charge in [-0.2, -0.15) is 0 Å². The fourth-order valence-electron chi connectivity index (χ4n) is 4.04. The minimum Gasteiger partial charge on any atom is -0.508 e. The number of rotatable bonds is 5. The average Bonchev–Trinajstić information content (AvgIpc) is 3.22. The summed E-state index contributed by atoms with van der Waals surface area (Å²) < 4.78 is 5.62. The molecule has 5 nitrogen and oxygen atoms in total. The molecular formula is C22H25ClN2O3. The third kappa shape index (κ3) is 4.32. The Morgan fingerprint density at radius 3 is 2.86 bits per heavy atom. The van der Waals surface area contributed by atoms with E-state index < -0.39 is 0 Å². The molecule has 4 rings (SSSR count). The van der Waals surface area contributed by atoms with Crippen LogP contribution in [0.4, 0.5) is 0 Å². The summed E-state index contributed by atoms with van der Waals surface area (Å²) in [4.78, 5) is 15.1. The van der Waals surface area contributed by atoms with E-state index in [0.717, 1.165) is 25.0 Å². The van der Waals surface area contributed by atoms with E-state index in [1.165, 1.54) is 11.1 Å². The van der Waals surface area contributed by atoms with Gasteiger partial charge in [0.1, 0.15) is 5.75 Å². The predicted octanol–water partition coefficient (Wildman–Crippen LogP) is 3.27. The van der Waals surface area contributed by atoms with Crippen LogP contribution in [-0.2, 0) is 29.0 Å². The molecule has 1 saturated heterocycles. The maximum absolute atomic E-state index is 13.0. The van der Waals surface area contributed by atoms with E-state index in [4.69, 9.17) is 16.3 Å². The number of benzene rings is 2. The lowest BCUT2D eigenvalue weighted by atomic mass is 9.93. The molecule has 2 aromatic carbocycles. The van der Waals surface area contributed by atoms with Crippen LogP contribution in [-0.4, -0.2) is 41.2 Å². The van der Waals surface area contributed by atoms with Crippen molar-refractivity contribution in [3.8, 4) is 5.75 Å². The van der Waals surface area contributed by atoms with Gasteiger partial charge in [-0.3, -0.25) is 9.69 Å². The molecule has 0 aliphatic carbocycles. The molecule has 2 unspecified atom stereocenters. The Hall–Kier alpha value is -2.08. The summed E-state index contributed by atoms with van der Waals surface area (Å²) >= 11 is 6.11. The lowest BCUT2D eigenvalue weighted by Gasteiger charge is -2.36. The normalized spacial score (nSPS) is 22.0. The van der Waals surface area contributed by atoms with Gasteiger partial charge in [0.15, 0.2) is 0 Å². The standard InChI is InChI=1S/C22H25ClN2O3/c23-18-7-8-21(26)17(10-18)14-25-13-16-5-2-1-4-15(16)11-20(25)22(27)24-12-19-6-3-9-28-19/h1-2,4-5,7-8,10,19-20,26H,3,6,9,11-14H2,(H,24,27). The van der Waals surface area contributed by atoms with Crippen LogP contribution in [0, 0.1) is 0 Å². The van der Waals surface area contributed by atoms with E-state index in [-0.39, 0.29) is 23.8 Å². The number of carbonyl (C=O) groups excluding carboxylic acids is 1. The number of hydrogen-bond acceptors (Lipinski definition) is 4. The van der Waals surface area contributed by atoms with Crippen LogP contribution in [0.3, 0.4) is 0 Å². The van der Waals surface area contributed by atoms with Crippen LogP contribution in [0.15, 0.2) is 42.5 Å². The van der Waals surface area contributed by atoms with Crippen LogP contribution >= 0.6 is 11.6 Å². The molecule has 6 heteroatoms. The Kier molecular flexibility index (Phi) is 5.85. The van der Waals surface area contributed by atoms with Gasteiger partial charge in [0.2, 0.25) is 5.91 Å². The Morgan fingerprint density at radius 2 is 2.07 bits per heavy atom. The summed E-state index contributed by atoms with van der Waals surface area (Å²) in [7, 11) is 0. The van der Waals surface area contributed by atoms with E-state index in [0.29, 0.717) is 31.1 Å². The molecule has 1 fully saturated rings. The van der Waals surface area contributed by atoms with Crippen LogP contribution in [0.1, 0.15) is 29.5 Å². The van der Waals surface area contributed by atoms with Gasteiger partial charge in [-0.25, -0.2) is 0 Å². The summed E-state index contributed by atoms with van der Waals surface area (Å²) in [5.41, 5.74) is 3.14. The second kappa shape index (κ2) is 8.52. The first-order chi connectivity index (χ1) is 13.6. The maximum atomic E-state index is 13.0. The van der Waals surface area contributed by atoms with Crippen LogP contribution < -0.4 is 5.32 Å². The summed E-state index contributed by atoms with van der Waals surface area (Å²) in [6.07, 6.45) is 2.81. The average molecular weight is 401 g/mol. The zero-order valence-corrected chi connectivity index (χ0v) is 16.5. The van der Waals surface area contributed by atoms with Crippen molar-refractivity contribution in [2.45, 2.75) is 44.5 Å². The van der Waals surface area contributed by atoms with Gasteiger partial charge in [-0.1, -0.05) is 35.9 Å². The third-order valence-electron chi connectivity index (χ3n) is 5.59. The molecule has 2 aliphatic heterocycles. The first kappa shape index (κ1) is 19.2. The molecule has 0 bridgehead atoms. The molecule has 2 atom stereocenters. The summed E-state index contributed by atoms with van der Waals surface area (Å²) in [6.45, 7) is 2.43. The molecule has 0 aromatic heterocycles. The van der Waals surface area contributed by atoms with Gasteiger partial charge in [0.25, 0.3) is 0 Å². The highest BCUT2D eigenvalue weighted by atomic mass is 35.5. The first-order valence-corrected chi connectivity index (χ1v) is 10.2. The van der Waals surface area contributed by atoms with Gasteiger partial charge in [0.05, 0.1) is 12.1 Å². The number of aromatic hydroxyl groups is 1. The largest absolute Gasteiger partial charge is 0.508 e. The van der Waals surface area contributed by atoms with Crippen molar-refractivity contribution in [2.24, 2.45) is 0 Å². The van der Waals surface area contributed by atoms with E-state index >= 15 is 0 Å². The van der Waals surface area contributed by atoms with Crippen molar-refractivity contribution in [3.05, 3.63) is 64.2 Å². The molecule has 2 aromatic rings. The number of halogens is 1. The number of fused-ring (bicyclic) bond motifs is 1. The summed E-state index contributed by atoms with van der Waals surface area (Å²) in [6, 6.07) is 12.9. The van der Waals surface area contributed by atoms with Gasteiger partial charge in [-0.05, 0) is 48.6 Å². The van der Waals surface area contributed by atoms with Crippen molar-refractivity contribution in [3.63, 3.8) is 0 Å². The van der Waals surface area contributed by atoms with Crippen molar-refractivity contribution in [1.82, 2.24) is 10.2 Å². The molecule has 0 saturated carbocycles. The highest BCUT2D eigenvalue weighted by Gasteiger charge is 2.32. The van der Waals surface area contributed by atoms with Gasteiger partial charge >= 0.3 is 0 Å². The molecule has 148 valence electrons. The van der Waals surface area contributed by atoms with Crippen molar-refractivity contribution in [1.29, 1.82) is 0 Å². The predicted molar refractivity (Wildman–Crippen MR) is 108 cm³/mol. The minimum atomic E-state index is -0.297. The van der Waals surface area contributed by atoms with Crippen molar-refractivity contribution < 1.29 is 14.6 Å². The van der Waals surface area contributed by atoms with Crippen LogP contribution in [0.5, 0.6) is 5.75 Å². The Morgan fingerprint density at radius 1 is 1.25 bits per heavy atom. The van der Waals surface area contributed by atoms with Crippen molar-refractivity contribution >= 4 is 17.5 Å². The van der Waals surface area contributed by atoms with Gasteiger partial charge in [-0.15, -0.1) is 0 Å². The molecule has 0 radical (unpaired) electrons. The number of ether oxygens (including phenoxy) is 1. The zero-order chi connectivity index (χ0) is 19.5. The number of phenols is 1. The molecule has 2 aliphatic rings. The number of phenolic OH excluding ortho intramolecular Hbond substituents is 1. The number of hydrogen-bond donors (Lipinski definition) is 2. The topological polar surface area (TPSA) is 61.8 Å². The van der Waals surface area contributed by atoms with Crippen LogP contribution in [0.25, 0.3) is 0 Å². The number of carbonyl (C=O) groups is 1. The molecule has 0 spiro atoms. The van der Waals surface area contributed by atoms with E-state index in [1.54, 1.807) is 18.2 Å². The lowest BCUT2D eigenvalue weighted by molar-refractivity contribution is -0.127. The highest BCUT2D eigenvalue weighted by molar-refractivity contribution is 6.30. The summed E-state index contributed by atoms with van der Waals surface area (Å²) in [5.74, 6) is 0.202. The molecule has 2 N–H and O–H groups in total. The lowest BCUT2D eigenvalue weighted by Crippen LogP contribution is -2.51. The second-order valence-corrected chi connectivity index (χ2v) is 7.98. The van der Waals surface area contributed by atoms with Gasteiger partial charge in [0, 0.05) is 36.8 Å². The first-order valence-electron chi connectivity index (χ1n) is 9.77. The zero-order valence-electron chi connectivity index (χ0n) is 15.7. The number of nitrogens with zero attached hydrogens (tertiary/aromatic N) is 1. The minimum absolute atomic E-state index is 0.00604. The smallest absolute Gasteiger partial charge is 0.237 e. The van der Waals surface area contributed by atoms with E-state index in [9.17, 15) is 9.90 Å². The highest BCUT2D eigenvalue weighted by Crippen LogP contribution is 2.29. The molecule has 2 heterocycles. The van der Waals surface area contributed by atoms with Crippen molar-refractivity contribution in [2.75, 3.05) is 13.2 Å². The second-order valence-electron chi connectivity index (χ2n) is 7.55. The molecule has 1 amide bonds. The summed E-state index contributed by atoms with van der Waals surface area (Å²) in [5, 5.41) is 13.9. The molecule has 28 heavy (non-hydrogen) atoms. The number of nitrogens with one attached hydrogen (secondary N) is 1. The Balaban J connectivity index is 1.53. The fourth-order valence-corrected chi connectivity index (χ4v) is 4.23. The fraction of sp³-hybridized carbons (Fsp3) is 0.409. The maximum Gasteiger partial charge on any atom is 0.237 e. The monoisotopic (exact) mass is 400 g/mol. The van der Waals surface area contributed by atoms with Crippen LogP contribution in [0.2, 0.25) is 5.02 Å². The Labute approximate surface area is 170 Å². The Bertz CT molecular complexity index is 851. The molecular weight excluding hydrogens is 376 g/mol. The SMILES string of the molecule is O=C(NCC1CCCO1)C1Cc2ccccc2CN1Cc1cc(Cl)ccc1O. The third-order valence-corrected chi connectivity index (χ3v) is 5.83. The number of amides is 1. The quantitative estimate of drug-likeness (QED) is 0.808. The van der Waals surface area contributed by atoms with Gasteiger partial charge < -0.3 is 15.2 Å².